The van der Waals surface area contributed by atoms with Crippen LogP contribution in [0.3, 0.4) is 0 Å². The summed E-state index contributed by atoms with van der Waals surface area (Å²) >= 11 is 1.74. The van der Waals surface area contributed by atoms with Crippen molar-refractivity contribution < 1.29 is 9.47 Å². The first-order chi connectivity index (χ1) is 15.2. The van der Waals surface area contributed by atoms with Crippen LogP contribution in [0.25, 0.3) is 6.08 Å². The molecule has 0 amide bonds. The fourth-order valence-corrected chi connectivity index (χ4v) is 5.25. The third kappa shape index (κ3) is 6.31. The van der Waals surface area contributed by atoms with E-state index < -0.39 is 0 Å². The number of rotatable bonds is 8. The van der Waals surface area contributed by atoms with E-state index in [4.69, 9.17) is 14.5 Å². The summed E-state index contributed by atoms with van der Waals surface area (Å²) in [6.45, 7) is 6.21. The van der Waals surface area contributed by atoms with Crippen molar-refractivity contribution in [2.75, 3.05) is 39.1 Å². The molecule has 2 fully saturated rings. The van der Waals surface area contributed by atoms with Gasteiger partial charge in [-0.2, -0.15) is 0 Å². The number of nitrogens with zero attached hydrogens (tertiary/aromatic N) is 3. The van der Waals surface area contributed by atoms with Crippen molar-refractivity contribution in [2.45, 2.75) is 49.8 Å². The topological polar surface area (TPSA) is 47.5 Å². The summed E-state index contributed by atoms with van der Waals surface area (Å²) in [5.41, 5.74) is 3.64. The van der Waals surface area contributed by atoms with Crippen LogP contribution in [0.2, 0.25) is 0 Å². The van der Waals surface area contributed by atoms with Crippen LogP contribution < -0.4 is 4.74 Å². The van der Waals surface area contributed by atoms with Crippen LogP contribution in [0, 0.1) is 6.92 Å². The lowest BCUT2D eigenvalue weighted by molar-refractivity contribution is 0.129. The molecule has 0 radical (unpaired) electrons. The monoisotopic (exact) mass is 439 g/mol. The Bertz CT molecular complexity index is 866. The number of hydrogen-bond acceptors (Lipinski definition) is 6. The van der Waals surface area contributed by atoms with Crippen molar-refractivity contribution in [2.24, 2.45) is 0 Å². The highest BCUT2D eigenvalue weighted by molar-refractivity contribution is 7.99. The molecule has 2 aliphatic rings. The largest absolute Gasteiger partial charge is 0.497 e. The Morgan fingerprint density at radius 2 is 2.10 bits per heavy atom. The van der Waals surface area contributed by atoms with Gasteiger partial charge in [0.05, 0.1) is 18.9 Å². The summed E-state index contributed by atoms with van der Waals surface area (Å²) in [7, 11) is 1.70. The van der Waals surface area contributed by atoms with Crippen LogP contribution in [0.4, 0.5) is 0 Å². The van der Waals surface area contributed by atoms with E-state index in [2.05, 4.69) is 41.1 Å². The van der Waals surface area contributed by atoms with E-state index in [1.54, 1.807) is 18.9 Å². The molecule has 0 bridgehead atoms. The van der Waals surface area contributed by atoms with E-state index in [0.717, 1.165) is 49.3 Å². The molecule has 2 saturated heterocycles. The molecule has 2 aliphatic heterocycles. The molecule has 1 aromatic carbocycles. The zero-order valence-electron chi connectivity index (χ0n) is 18.6. The van der Waals surface area contributed by atoms with Crippen molar-refractivity contribution in [3.05, 3.63) is 53.4 Å². The molecule has 0 saturated carbocycles. The molecule has 0 unspecified atom stereocenters. The predicted molar refractivity (Wildman–Crippen MR) is 127 cm³/mol. The molecule has 6 heteroatoms. The Labute approximate surface area is 190 Å². The Kier molecular flexibility index (Phi) is 8.00. The van der Waals surface area contributed by atoms with Gasteiger partial charge < -0.3 is 9.47 Å². The van der Waals surface area contributed by atoms with Crippen LogP contribution in [-0.2, 0) is 4.74 Å². The first-order valence-electron chi connectivity index (χ1n) is 11.3. The van der Waals surface area contributed by atoms with Crippen LogP contribution in [0.15, 0.2) is 41.7 Å². The highest BCUT2D eigenvalue weighted by atomic mass is 32.2. The highest BCUT2D eigenvalue weighted by Crippen LogP contribution is 2.29. The minimum atomic E-state index is 0.362. The SMILES string of the molecule is COc1ccc(/C=C/CN2CCC[C@@H](c3nc(SC[C@@H]4CCCO4)ncc3C)C2)cc1. The maximum Gasteiger partial charge on any atom is 0.187 e. The van der Waals surface area contributed by atoms with Crippen LogP contribution in [0.5, 0.6) is 5.75 Å². The maximum atomic E-state index is 5.74. The molecule has 1 aromatic heterocycles. The van der Waals surface area contributed by atoms with Crippen LogP contribution in [0.1, 0.15) is 48.4 Å². The number of hydrogen-bond donors (Lipinski definition) is 0. The third-order valence-electron chi connectivity index (χ3n) is 6.09. The van der Waals surface area contributed by atoms with E-state index in [1.165, 1.54) is 36.1 Å². The van der Waals surface area contributed by atoms with Gasteiger partial charge in [0.1, 0.15) is 5.75 Å². The van der Waals surface area contributed by atoms with Gasteiger partial charge in [-0.3, -0.25) is 4.90 Å². The lowest BCUT2D eigenvalue weighted by atomic mass is 9.92. The molecular formula is C25H33N3O2S. The molecule has 0 N–H and O–H groups in total. The fourth-order valence-electron chi connectivity index (χ4n) is 4.36. The number of likely N-dealkylation sites (tertiary alicyclic amines) is 1. The number of aromatic nitrogens is 2. The predicted octanol–water partition coefficient (Wildman–Crippen LogP) is 4.96. The first kappa shape index (κ1) is 22.3. The van der Waals surface area contributed by atoms with Crippen LogP contribution in [-0.4, -0.2) is 60.1 Å². The zero-order chi connectivity index (χ0) is 21.5. The van der Waals surface area contributed by atoms with Gasteiger partial charge in [0.25, 0.3) is 0 Å². The molecule has 5 nitrogen and oxygen atoms in total. The van der Waals surface area contributed by atoms with Crippen molar-refractivity contribution in [3.63, 3.8) is 0 Å². The van der Waals surface area contributed by atoms with Gasteiger partial charge in [-0.25, -0.2) is 9.97 Å². The number of methoxy groups -OCH3 is 1. The van der Waals surface area contributed by atoms with Crippen molar-refractivity contribution >= 4 is 17.8 Å². The lowest BCUT2D eigenvalue weighted by Crippen LogP contribution is -2.35. The molecule has 166 valence electrons. The minimum Gasteiger partial charge on any atom is -0.497 e. The van der Waals surface area contributed by atoms with Gasteiger partial charge in [-0.05, 0) is 62.4 Å². The second-order valence-corrected chi connectivity index (χ2v) is 9.43. The number of aryl methyl sites for hydroxylation is 1. The van der Waals surface area contributed by atoms with Gasteiger partial charge in [0, 0.05) is 37.6 Å². The second kappa shape index (κ2) is 11.1. The highest BCUT2D eigenvalue weighted by Gasteiger charge is 2.24. The fraction of sp³-hybridized carbons (Fsp3) is 0.520. The lowest BCUT2D eigenvalue weighted by Gasteiger charge is -2.32. The third-order valence-corrected chi connectivity index (χ3v) is 7.09. The summed E-state index contributed by atoms with van der Waals surface area (Å²) in [6.07, 6.45) is 11.6. The van der Waals surface area contributed by atoms with E-state index in [-0.39, 0.29) is 0 Å². The molecule has 0 spiro atoms. The summed E-state index contributed by atoms with van der Waals surface area (Å²) in [4.78, 5) is 12.1. The molecule has 2 atom stereocenters. The molecular weight excluding hydrogens is 406 g/mol. The Morgan fingerprint density at radius 3 is 2.87 bits per heavy atom. The van der Waals surface area contributed by atoms with Crippen molar-refractivity contribution in [3.8, 4) is 5.75 Å². The van der Waals surface area contributed by atoms with Gasteiger partial charge in [-0.1, -0.05) is 36.0 Å². The summed E-state index contributed by atoms with van der Waals surface area (Å²) in [5.74, 6) is 2.33. The number of thioether (sulfide) groups is 1. The quantitative estimate of drug-likeness (QED) is 0.428. The smallest absolute Gasteiger partial charge is 0.187 e. The van der Waals surface area contributed by atoms with Gasteiger partial charge in [-0.15, -0.1) is 0 Å². The van der Waals surface area contributed by atoms with Gasteiger partial charge in [0.15, 0.2) is 5.16 Å². The second-order valence-electron chi connectivity index (χ2n) is 8.44. The zero-order valence-corrected chi connectivity index (χ0v) is 19.4. The first-order valence-corrected chi connectivity index (χ1v) is 12.3. The number of ether oxygens (including phenoxy) is 2. The van der Waals surface area contributed by atoms with E-state index >= 15 is 0 Å². The average Bonchev–Trinajstić information content (AvgIpc) is 3.33. The van der Waals surface area contributed by atoms with Crippen molar-refractivity contribution in [1.82, 2.24) is 14.9 Å². The Morgan fingerprint density at radius 1 is 1.23 bits per heavy atom. The Hall–Kier alpha value is -1.89. The number of benzene rings is 1. The van der Waals surface area contributed by atoms with Gasteiger partial charge in [0.2, 0.25) is 0 Å². The van der Waals surface area contributed by atoms with Crippen molar-refractivity contribution in [1.29, 1.82) is 0 Å². The van der Waals surface area contributed by atoms with E-state index in [1.807, 2.05) is 18.3 Å². The van der Waals surface area contributed by atoms with E-state index in [9.17, 15) is 0 Å². The summed E-state index contributed by atoms with van der Waals surface area (Å²) in [5, 5.41) is 0.896. The maximum absolute atomic E-state index is 5.74. The van der Waals surface area contributed by atoms with E-state index in [0.29, 0.717) is 12.0 Å². The minimum absolute atomic E-state index is 0.362. The van der Waals surface area contributed by atoms with Crippen LogP contribution >= 0.6 is 11.8 Å². The Balaban J connectivity index is 1.33. The average molecular weight is 440 g/mol. The molecule has 31 heavy (non-hydrogen) atoms. The van der Waals surface area contributed by atoms with Gasteiger partial charge >= 0.3 is 0 Å². The summed E-state index contributed by atoms with van der Waals surface area (Å²) < 4.78 is 11.0. The molecule has 2 aromatic rings. The molecule has 0 aliphatic carbocycles. The molecule has 3 heterocycles. The normalized spacial score (nSPS) is 22.3. The molecule has 4 rings (SSSR count). The standard InChI is InChI=1S/C25H33N3O2S/c1-19-16-26-25(31-18-23-8-5-15-30-23)27-24(19)21-7-4-14-28(17-21)13-3-6-20-9-11-22(29-2)12-10-20/h3,6,9-12,16,21,23H,4-5,7-8,13-15,17-18H2,1-2H3/b6-3+/t21-,23+/m1/s1. The summed E-state index contributed by atoms with van der Waals surface area (Å²) in [6, 6.07) is 8.19. The number of piperidine rings is 1.